The van der Waals surface area contributed by atoms with Gasteiger partial charge in [0.2, 0.25) is 5.95 Å². The third-order valence-electron chi connectivity index (χ3n) is 3.78. The number of nitrogens with one attached hydrogen (secondary N) is 2. The average Bonchev–Trinajstić information content (AvgIpc) is 2.62. The van der Waals surface area contributed by atoms with Gasteiger partial charge in [0.25, 0.3) is 0 Å². The Morgan fingerprint density at radius 1 is 1.00 bits per heavy atom. The molecule has 0 aliphatic rings. The van der Waals surface area contributed by atoms with E-state index in [0.717, 1.165) is 16.3 Å². The van der Waals surface area contributed by atoms with E-state index in [2.05, 4.69) is 51.8 Å². The van der Waals surface area contributed by atoms with E-state index in [9.17, 15) is 0 Å². The Balaban J connectivity index is 1.63. The molecule has 2 N–H and O–H groups in total. The molecule has 0 unspecified atom stereocenters. The van der Waals surface area contributed by atoms with Gasteiger partial charge in [-0.2, -0.15) is 10.1 Å². The van der Waals surface area contributed by atoms with Gasteiger partial charge in [-0.3, -0.25) is 0 Å². The minimum atomic E-state index is 0.457. The smallest absolute Gasteiger partial charge is 0.249 e. The molecule has 0 radical (unpaired) electrons. The molecule has 0 spiro atoms. The van der Waals surface area contributed by atoms with E-state index < -0.39 is 0 Å². The lowest BCUT2D eigenvalue weighted by Crippen LogP contribution is -2.05. The van der Waals surface area contributed by atoms with Crippen molar-refractivity contribution in [3.05, 3.63) is 70.9 Å². The third kappa shape index (κ3) is 4.90. The standard InChI is InChI=1S/C19H20ClN5/c1-13(2)15-5-9-17(10-6-15)23-19-24-18(12-22-25-19)21-11-14-3-7-16(20)8-4-14/h3-10,12-13H,11H2,1-2H3,(H2,21,23,24,25). The SMILES string of the molecule is CC(C)c1ccc(Nc2nncc(NCc3ccc(Cl)cc3)n2)cc1. The van der Waals surface area contributed by atoms with Crippen LogP contribution in [-0.4, -0.2) is 15.2 Å². The second-order valence-electron chi connectivity index (χ2n) is 6.05. The summed E-state index contributed by atoms with van der Waals surface area (Å²) >= 11 is 5.89. The van der Waals surface area contributed by atoms with Crippen LogP contribution in [0.2, 0.25) is 5.02 Å². The molecular formula is C19H20ClN5. The Labute approximate surface area is 152 Å². The van der Waals surface area contributed by atoms with Crippen LogP contribution in [0.15, 0.2) is 54.7 Å². The van der Waals surface area contributed by atoms with Crippen molar-refractivity contribution in [2.45, 2.75) is 26.3 Å². The molecule has 0 saturated heterocycles. The van der Waals surface area contributed by atoms with Gasteiger partial charge in [-0.25, -0.2) is 0 Å². The Hall–Kier alpha value is -2.66. The number of hydrogen-bond donors (Lipinski definition) is 2. The molecule has 0 aliphatic heterocycles. The summed E-state index contributed by atoms with van der Waals surface area (Å²) < 4.78 is 0. The fourth-order valence-electron chi connectivity index (χ4n) is 2.32. The number of rotatable bonds is 6. The van der Waals surface area contributed by atoms with Crippen LogP contribution in [0, 0.1) is 0 Å². The maximum Gasteiger partial charge on any atom is 0.249 e. The molecule has 0 atom stereocenters. The van der Waals surface area contributed by atoms with E-state index >= 15 is 0 Å². The number of halogens is 1. The molecule has 3 aromatic rings. The minimum Gasteiger partial charge on any atom is -0.365 e. The molecule has 6 heteroatoms. The summed E-state index contributed by atoms with van der Waals surface area (Å²) in [6.45, 7) is 4.98. The largest absolute Gasteiger partial charge is 0.365 e. The average molecular weight is 354 g/mol. The second kappa shape index (κ2) is 7.94. The molecule has 2 aromatic carbocycles. The summed E-state index contributed by atoms with van der Waals surface area (Å²) in [7, 11) is 0. The molecule has 0 fully saturated rings. The summed E-state index contributed by atoms with van der Waals surface area (Å²) in [5, 5.41) is 15.2. The number of aromatic nitrogens is 3. The van der Waals surface area contributed by atoms with Crippen molar-refractivity contribution in [1.29, 1.82) is 0 Å². The van der Waals surface area contributed by atoms with Gasteiger partial charge < -0.3 is 10.6 Å². The van der Waals surface area contributed by atoms with Crippen LogP contribution >= 0.6 is 11.6 Å². The molecule has 25 heavy (non-hydrogen) atoms. The summed E-state index contributed by atoms with van der Waals surface area (Å²) in [4.78, 5) is 4.44. The number of benzene rings is 2. The van der Waals surface area contributed by atoms with Crippen LogP contribution in [0.25, 0.3) is 0 Å². The molecular weight excluding hydrogens is 334 g/mol. The van der Waals surface area contributed by atoms with Crippen molar-refractivity contribution in [3.63, 3.8) is 0 Å². The predicted molar refractivity (Wildman–Crippen MR) is 102 cm³/mol. The maximum absolute atomic E-state index is 5.89. The monoisotopic (exact) mass is 353 g/mol. The number of hydrogen-bond acceptors (Lipinski definition) is 5. The fourth-order valence-corrected chi connectivity index (χ4v) is 2.44. The zero-order valence-corrected chi connectivity index (χ0v) is 15.0. The quantitative estimate of drug-likeness (QED) is 0.652. The molecule has 0 bridgehead atoms. The molecule has 0 aliphatic carbocycles. The van der Waals surface area contributed by atoms with Crippen LogP contribution in [0.4, 0.5) is 17.5 Å². The molecule has 1 heterocycles. The lowest BCUT2D eigenvalue weighted by atomic mass is 10.0. The highest BCUT2D eigenvalue weighted by molar-refractivity contribution is 6.30. The Morgan fingerprint density at radius 3 is 2.40 bits per heavy atom. The molecule has 0 amide bonds. The van der Waals surface area contributed by atoms with E-state index in [1.165, 1.54) is 5.56 Å². The minimum absolute atomic E-state index is 0.457. The van der Waals surface area contributed by atoms with Crippen molar-refractivity contribution < 1.29 is 0 Å². The van der Waals surface area contributed by atoms with Crippen molar-refractivity contribution in [2.75, 3.05) is 10.6 Å². The molecule has 5 nitrogen and oxygen atoms in total. The van der Waals surface area contributed by atoms with Crippen LogP contribution in [0.3, 0.4) is 0 Å². The highest BCUT2D eigenvalue weighted by atomic mass is 35.5. The first-order valence-corrected chi connectivity index (χ1v) is 8.53. The normalized spacial score (nSPS) is 10.7. The Bertz CT molecular complexity index is 816. The van der Waals surface area contributed by atoms with Crippen LogP contribution in [0.1, 0.15) is 30.9 Å². The second-order valence-corrected chi connectivity index (χ2v) is 6.48. The summed E-state index contributed by atoms with van der Waals surface area (Å²) in [5.74, 6) is 1.62. The zero-order chi connectivity index (χ0) is 17.6. The van der Waals surface area contributed by atoms with Gasteiger partial charge in [0.1, 0.15) is 0 Å². The van der Waals surface area contributed by atoms with Crippen LogP contribution < -0.4 is 10.6 Å². The van der Waals surface area contributed by atoms with Gasteiger partial charge in [-0.15, -0.1) is 5.10 Å². The summed E-state index contributed by atoms with van der Waals surface area (Å²) in [6.07, 6.45) is 1.60. The van der Waals surface area contributed by atoms with E-state index in [-0.39, 0.29) is 0 Å². The van der Waals surface area contributed by atoms with Crippen molar-refractivity contribution in [1.82, 2.24) is 15.2 Å². The first kappa shape index (κ1) is 17.2. The summed E-state index contributed by atoms with van der Waals surface area (Å²) in [6, 6.07) is 15.9. The van der Waals surface area contributed by atoms with E-state index in [1.807, 2.05) is 36.4 Å². The summed E-state index contributed by atoms with van der Waals surface area (Å²) in [5.41, 5.74) is 3.34. The van der Waals surface area contributed by atoms with Gasteiger partial charge in [0.05, 0.1) is 6.20 Å². The van der Waals surface area contributed by atoms with E-state index in [4.69, 9.17) is 11.6 Å². The van der Waals surface area contributed by atoms with E-state index in [1.54, 1.807) is 6.20 Å². The molecule has 0 saturated carbocycles. The number of anilines is 3. The lowest BCUT2D eigenvalue weighted by molar-refractivity contribution is 0.867. The maximum atomic E-state index is 5.89. The van der Waals surface area contributed by atoms with Gasteiger partial charge >= 0.3 is 0 Å². The van der Waals surface area contributed by atoms with Crippen LogP contribution in [-0.2, 0) is 6.54 Å². The van der Waals surface area contributed by atoms with Crippen molar-refractivity contribution in [2.24, 2.45) is 0 Å². The van der Waals surface area contributed by atoms with Gasteiger partial charge in [-0.1, -0.05) is 49.7 Å². The van der Waals surface area contributed by atoms with Gasteiger partial charge in [-0.05, 0) is 41.3 Å². The van der Waals surface area contributed by atoms with Crippen molar-refractivity contribution in [3.8, 4) is 0 Å². The van der Waals surface area contributed by atoms with Gasteiger partial charge in [0, 0.05) is 17.3 Å². The predicted octanol–water partition coefficient (Wildman–Crippen LogP) is 5.00. The zero-order valence-electron chi connectivity index (χ0n) is 14.2. The molecule has 128 valence electrons. The Kier molecular flexibility index (Phi) is 5.46. The van der Waals surface area contributed by atoms with Crippen molar-refractivity contribution >= 4 is 29.1 Å². The lowest BCUT2D eigenvalue weighted by Gasteiger charge is -2.09. The molecule has 3 rings (SSSR count). The van der Waals surface area contributed by atoms with Crippen LogP contribution in [0.5, 0.6) is 0 Å². The first-order chi connectivity index (χ1) is 12.1. The highest BCUT2D eigenvalue weighted by Gasteiger charge is 2.03. The molecule has 1 aromatic heterocycles. The number of nitrogens with zero attached hydrogens (tertiary/aromatic N) is 3. The van der Waals surface area contributed by atoms with E-state index in [0.29, 0.717) is 24.2 Å². The highest BCUT2D eigenvalue weighted by Crippen LogP contribution is 2.19. The first-order valence-electron chi connectivity index (χ1n) is 8.15. The topological polar surface area (TPSA) is 62.7 Å². The third-order valence-corrected chi connectivity index (χ3v) is 4.03. The fraction of sp³-hybridized carbons (Fsp3) is 0.211. The van der Waals surface area contributed by atoms with Gasteiger partial charge in [0.15, 0.2) is 5.82 Å². The Morgan fingerprint density at radius 2 is 1.72 bits per heavy atom.